The highest BCUT2D eigenvalue weighted by molar-refractivity contribution is 5.84. The van der Waals surface area contributed by atoms with Crippen LogP contribution < -0.4 is 0 Å². The van der Waals surface area contributed by atoms with E-state index in [0.29, 0.717) is 30.6 Å². The fraction of sp³-hybridized carbons (Fsp3) is 0.143. The summed E-state index contributed by atoms with van der Waals surface area (Å²) in [5, 5.41) is 1.56. The molecule has 33 heavy (non-hydrogen) atoms. The van der Waals surface area contributed by atoms with Crippen molar-refractivity contribution in [1.29, 1.82) is 0 Å². The number of hydrogen-bond acceptors (Lipinski definition) is 1. The Balaban J connectivity index is 1.59. The maximum Gasteiger partial charge on any atom is 0.139 e. The van der Waals surface area contributed by atoms with Crippen LogP contribution in [0.1, 0.15) is 23.1 Å². The summed E-state index contributed by atoms with van der Waals surface area (Å²) >= 11 is 0. The standard InChI is InChI=1S/C28H20F4O/c1-33-12-2-3-19-14-26(31)28(27(32)15-19)23-9-8-20(25(30)17-23)6-4-18-5-7-22-16-24(29)11-10-21(22)13-18/h5,7-11,13-17H,2-3,12H2,1H3. The third kappa shape index (κ3) is 5.24. The SMILES string of the molecule is COCCCc1cc(F)c(-c2ccc(C#Cc3ccc4cc(F)ccc4c3)c(F)c2)c(F)c1. The molecule has 0 aromatic heterocycles. The quantitative estimate of drug-likeness (QED) is 0.181. The van der Waals surface area contributed by atoms with E-state index in [4.69, 9.17) is 4.74 Å². The molecule has 0 N–H and O–H groups in total. The zero-order chi connectivity index (χ0) is 23.4. The van der Waals surface area contributed by atoms with Crippen LogP contribution in [0, 0.1) is 35.1 Å². The second-order valence-corrected chi connectivity index (χ2v) is 7.68. The van der Waals surface area contributed by atoms with E-state index in [1.165, 1.54) is 36.4 Å². The van der Waals surface area contributed by atoms with Crippen LogP contribution in [-0.4, -0.2) is 13.7 Å². The lowest BCUT2D eigenvalue weighted by molar-refractivity contribution is 0.195. The smallest absolute Gasteiger partial charge is 0.139 e. The second kappa shape index (κ2) is 9.89. The zero-order valence-electron chi connectivity index (χ0n) is 17.9. The van der Waals surface area contributed by atoms with Gasteiger partial charge >= 0.3 is 0 Å². The van der Waals surface area contributed by atoms with Crippen molar-refractivity contribution in [2.24, 2.45) is 0 Å². The number of hydrogen-bond donors (Lipinski definition) is 0. The Hall–Kier alpha value is -3.62. The highest BCUT2D eigenvalue weighted by Crippen LogP contribution is 2.29. The predicted octanol–water partition coefficient (Wildman–Crippen LogP) is 7.04. The van der Waals surface area contributed by atoms with E-state index in [-0.39, 0.29) is 22.5 Å². The molecule has 0 saturated carbocycles. The van der Waals surface area contributed by atoms with Gasteiger partial charge in [-0.15, -0.1) is 0 Å². The zero-order valence-corrected chi connectivity index (χ0v) is 17.9. The lowest BCUT2D eigenvalue weighted by atomic mass is 9.99. The number of aryl methyl sites for hydroxylation is 1. The van der Waals surface area contributed by atoms with Crippen molar-refractivity contribution in [3.63, 3.8) is 0 Å². The Morgan fingerprint density at radius 3 is 2.18 bits per heavy atom. The number of rotatable bonds is 5. The molecule has 0 aliphatic heterocycles. The molecule has 0 amide bonds. The van der Waals surface area contributed by atoms with Gasteiger partial charge < -0.3 is 4.74 Å². The van der Waals surface area contributed by atoms with Gasteiger partial charge in [0, 0.05) is 19.3 Å². The molecule has 0 bridgehead atoms. The van der Waals surface area contributed by atoms with Crippen molar-refractivity contribution >= 4 is 10.8 Å². The van der Waals surface area contributed by atoms with Crippen molar-refractivity contribution in [3.05, 3.63) is 107 Å². The minimum absolute atomic E-state index is 0.101. The summed E-state index contributed by atoms with van der Waals surface area (Å²) < 4.78 is 62.2. The molecular weight excluding hydrogens is 428 g/mol. The first-order valence-electron chi connectivity index (χ1n) is 10.4. The van der Waals surface area contributed by atoms with Gasteiger partial charge in [0.1, 0.15) is 23.3 Å². The summed E-state index contributed by atoms with van der Waals surface area (Å²) in [5.41, 5.74) is 1.09. The molecule has 1 nitrogen and oxygen atoms in total. The van der Waals surface area contributed by atoms with Gasteiger partial charge in [-0.05, 0) is 83.3 Å². The highest BCUT2D eigenvalue weighted by atomic mass is 19.1. The average molecular weight is 448 g/mol. The van der Waals surface area contributed by atoms with Crippen molar-refractivity contribution in [2.45, 2.75) is 12.8 Å². The highest BCUT2D eigenvalue weighted by Gasteiger charge is 2.15. The third-order valence-electron chi connectivity index (χ3n) is 5.32. The fourth-order valence-corrected chi connectivity index (χ4v) is 3.67. The van der Waals surface area contributed by atoms with E-state index < -0.39 is 17.5 Å². The van der Waals surface area contributed by atoms with E-state index in [9.17, 15) is 17.6 Å². The predicted molar refractivity (Wildman–Crippen MR) is 122 cm³/mol. The van der Waals surface area contributed by atoms with Crippen LogP contribution in [0.3, 0.4) is 0 Å². The average Bonchev–Trinajstić information content (AvgIpc) is 2.78. The molecule has 0 heterocycles. The molecule has 166 valence electrons. The number of fused-ring (bicyclic) bond motifs is 1. The Morgan fingerprint density at radius 1 is 0.727 bits per heavy atom. The van der Waals surface area contributed by atoms with Gasteiger partial charge in [0.05, 0.1) is 11.1 Å². The number of benzene rings is 4. The van der Waals surface area contributed by atoms with Gasteiger partial charge in [-0.3, -0.25) is 0 Å². The molecule has 0 unspecified atom stereocenters. The monoisotopic (exact) mass is 448 g/mol. The number of halogens is 4. The molecule has 0 atom stereocenters. The maximum absolute atomic E-state index is 14.7. The Kier molecular flexibility index (Phi) is 6.76. The van der Waals surface area contributed by atoms with Crippen LogP contribution in [0.2, 0.25) is 0 Å². The first kappa shape index (κ1) is 22.6. The largest absolute Gasteiger partial charge is 0.385 e. The van der Waals surface area contributed by atoms with Gasteiger partial charge in [-0.2, -0.15) is 0 Å². The van der Waals surface area contributed by atoms with Crippen molar-refractivity contribution in [3.8, 4) is 23.0 Å². The molecule has 0 spiro atoms. The molecule has 4 rings (SSSR count). The van der Waals surface area contributed by atoms with Crippen molar-refractivity contribution in [1.82, 2.24) is 0 Å². The van der Waals surface area contributed by atoms with E-state index in [1.807, 2.05) is 0 Å². The van der Waals surface area contributed by atoms with Crippen LogP contribution in [0.4, 0.5) is 17.6 Å². The Morgan fingerprint density at radius 2 is 1.45 bits per heavy atom. The minimum Gasteiger partial charge on any atom is -0.385 e. The molecule has 0 saturated heterocycles. The summed E-state index contributed by atoms with van der Waals surface area (Å²) in [5.74, 6) is 3.15. The van der Waals surface area contributed by atoms with Crippen LogP contribution in [0.25, 0.3) is 21.9 Å². The van der Waals surface area contributed by atoms with Crippen LogP contribution in [0.5, 0.6) is 0 Å². The first-order valence-corrected chi connectivity index (χ1v) is 10.4. The van der Waals surface area contributed by atoms with Crippen LogP contribution in [0.15, 0.2) is 66.7 Å². The molecule has 0 aliphatic carbocycles. The molecule has 0 aliphatic rings. The molecule has 0 fully saturated rings. The Labute approximate surface area is 189 Å². The molecule has 5 heteroatoms. The summed E-state index contributed by atoms with van der Waals surface area (Å²) in [4.78, 5) is 0. The van der Waals surface area contributed by atoms with E-state index in [2.05, 4.69) is 11.8 Å². The summed E-state index contributed by atoms with van der Waals surface area (Å²) in [6, 6.07) is 16.2. The fourth-order valence-electron chi connectivity index (χ4n) is 3.67. The number of ether oxygens (including phenoxy) is 1. The first-order chi connectivity index (χ1) is 15.9. The van der Waals surface area contributed by atoms with E-state index >= 15 is 0 Å². The van der Waals surface area contributed by atoms with Crippen molar-refractivity contribution in [2.75, 3.05) is 13.7 Å². The van der Waals surface area contributed by atoms with Gasteiger partial charge in [0.2, 0.25) is 0 Å². The number of methoxy groups -OCH3 is 1. The summed E-state index contributed by atoms with van der Waals surface area (Å²) in [7, 11) is 1.57. The lowest BCUT2D eigenvalue weighted by Gasteiger charge is -2.09. The molecule has 0 radical (unpaired) electrons. The lowest BCUT2D eigenvalue weighted by Crippen LogP contribution is -1.98. The third-order valence-corrected chi connectivity index (χ3v) is 5.32. The van der Waals surface area contributed by atoms with Crippen molar-refractivity contribution < 1.29 is 22.3 Å². The normalized spacial score (nSPS) is 10.8. The van der Waals surface area contributed by atoms with Gasteiger partial charge in [-0.1, -0.05) is 30.0 Å². The second-order valence-electron chi connectivity index (χ2n) is 7.68. The molecular formula is C28H20F4O. The van der Waals surface area contributed by atoms with Gasteiger partial charge in [0.15, 0.2) is 0 Å². The van der Waals surface area contributed by atoms with E-state index in [1.54, 1.807) is 31.4 Å². The minimum atomic E-state index is -0.742. The molecule has 4 aromatic carbocycles. The summed E-state index contributed by atoms with van der Waals surface area (Å²) in [6.45, 7) is 0.496. The van der Waals surface area contributed by atoms with Crippen LogP contribution in [-0.2, 0) is 11.2 Å². The maximum atomic E-state index is 14.7. The van der Waals surface area contributed by atoms with Crippen LogP contribution >= 0.6 is 0 Å². The van der Waals surface area contributed by atoms with Gasteiger partial charge in [-0.25, -0.2) is 17.6 Å². The Bertz CT molecular complexity index is 1360. The van der Waals surface area contributed by atoms with Gasteiger partial charge in [0.25, 0.3) is 0 Å². The topological polar surface area (TPSA) is 9.23 Å². The van der Waals surface area contributed by atoms with E-state index in [0.717, 1.165) is 16.8 Å². The summed E-state index contributed by atoms with van der Waals surface area (Å²) in [6.07, 6.45) is 1.12. The molecule has 4 aromatic rings.